The lowest BCUT2D eigenvalue weighted by molar-refractivity contribution is -0.155. The zero-order valence-electron chi connectivity index (χ0n) is 17.0. The summed E-state index contributed by atoms with van der Waals surface area (Å²) in [6.07, 6.45) is 0.0220. The summed E-state index contributed by atoms with van der Waals surface area (Å²) in [7, 11) is 1.26. The summed E-state index contributed by atoms with van der Waals surface area (Å²) >= 11 is 0. The summed E-state index contributed by atoms with van der Waals surface area (Å²) in [6, 6.07) is 3.81. The van der Waals surface area contributed by atoms with Gasteiger partial charge in [0.1, 0.15) is 17.4 Å². The molecule has 9 nitrogen and oxygen atoms in total. The van der Waals surface area contributed by atoms with Gasteiger partial charge in [-0.2, -0.15) is 0 Å². The van der Waals surface area contributed by atoms with Gasteiger partial charge in [0.2, 0.25) is 5.91 Å². The number of fused-ring (bicyclic) bond motifs is 1. The Morgan fingerprint density at radius 3 is 2.48 bits per heavy atom. The van der Waals surface area contributed by atoms with E-state index in [1.165, 1.54) is 12.0 Å². The minimum absolute atomic E-state index is 0.0432. The van der Waals surface area contributed by atoms with Crippen molar-refractivity contribution in [3.8, 4) is 5.75 Å². The first-order chi connectivity index (χ1) is 13.5. The second kappa shape index (κ2) is 8.93. The maximum absolute atomic E-state index is 12.7. The molecule has 0 fully saturated rings. The number of rotatable bonds is 8. The van der Waals surface area contributed by atoms with Crippen LogP contribution in [0.5, 0.6) is 5.75 Å². The summed E-state index contributed by atoms with van der Waals surface area (Å²) in [5.41, 5.74) is 5.91. The minimum Gasteiger partial charge on any atom is -0.482 e. The number of methoxy groups -OCH3 is 1. The molecule has 0 aliphatic carbocycles. The normalized spacial score (nSPS) is 14.2. The average Bonchev–Trinajstić information content (AvgIpc) is 2.94. The third-order valence-electron chi connectivity index (χ3n) is 4.24. The fourth-order valence-electron chi connectivity index (χ4n) is 2.96. The van der Waals surface area contributed by atoms with Gasteiger partial charge in [0.25, 0.3) is 5.91 Å². The number of benzene rings is 1. The highest BCUT2D eigenvalue weighted by atomic mass is 16.6. The Bertz CT molecular complexity index is 814. The van der Waals surface area contributed by atoms with Crippen LogP contribution in [-0.4, -0.2) is 54.0 Å². The van der Waals surface area contributed by atoms with E-state index >= 15 is 0 Å². The lowest BCUT2D eigenvalue weighted by Crippen LogP contribution is -2.45. The van der Waals surface area contributed by atoms with Crippen molar-refractivity contribution in [1.82, 2.24) is 4.90 Å². The summed E-state index contributed by atoms with van der Waals surface area (Å²) in [5.74, 6) is -1.65. The monoisotopic (exact) mass is 406 g/mol. The molecule has 0 saturated heterocycles. The predicted octanol–water partition coefficient (Wildman–Crippen LogP) is 1.17. The number of ether oxygens (including phenoxy) is 3. The molecule has 0 spiro atoms. The van der Waals surface area contributed by atoms with E-state index in [1.807, 2.05) is 0 Å². The molecule has 0 unspecified atom stereocenters. The molecule has 0 radical (unpaired) electrons. The second-order valence-electron chi connectivity index (χ2n) is 7.66. The van der Waals surface area contributed by atoms with Crippen molar-refractivity contribution in [2.75, 3.05) is 13.7 Å². The number of nitrogens with two attached hydrogens (primary N) is 1. The van der Waals surface area contributed by atoms with Gasteiger partial charge in [-0.05, 0) is 51.0 Å². The Hall–Kier alpha value is -3.10. The maximum atomic E-state index is 12.7. The van der Waals surface area contributed by atoms with Crippen LogP contribution in [0.1, 0.15) is 49.5 Å². The molecule has 29 heavy (non-hydrogen) atoms. The average molecular weight is 406 g/mol. The summed E-state index contributed by atoms with van der Waals surface area (Å²) in [6.45, 7) is 5.13. The SMILES string of the molecule is COC(=O)COc1ccc2c(c1)CN([C@@H](CCC(=O)OC(C)(C)C)C(N)=O)C2=O. The Morgan fingerprint density at radius 1 is 1.21 bits per heavy atom. The van der Waals surface area contributed by atoms with Gasteiger partial charge in [-0.25, -0.2) is 4.79 Å². The molecule has 2 amide bonds. The molecule has 9 heteroatoms. The van der Waals surface area contributed by atoms with Crippen molar-refractivity contribution in [1.29, 1.82) is 0 Å². The maximum Gasteiger partial charge on any atom is 0.343 e. The van der Waals surface area contributed by atoms with Gasteiger partial charge in [0.05, 0.1) is 7.11 Å². The van der Waals surface area contributed by atoms with Crippen LogP contribution in [0.25, 0.3) is 0 Å². The summed E-state index contributed by atoms with van der Waals surface area (Å²) in [5, 5.41) is 0. The molecular formula is C20H26N2O7. The second-order valence-corrected chi connectivity index (χ2v) is 7.66. The van der Waals surface area contributed by atoms with E-state index in [9.17, 15) is 19.2 Å². The van der Waals surface area contributed by atoms with Gasteiger partial charge in [-0.15, -0.1) is 0 Å². The molecule has 1 aromatic rings. The molecule has 1 atom stereocenters. The molecular weight excluding hydrogens is 380 g/mol. The molecule has 1 aliphatic heterocycles. The quantitative estimate of drug-likeness (QED) is 0.642. The van der Waals surface area contributed by atoms with Crippen molar-refractivity contribution in [3.05, 3.63) is 29.3 Å². The van der Waals surface area contributed by atoms with Gasteiger partial charge in [-0.3, -0.25) is 14.4 Å². The summed E-state index contributed by atoms with van der Waals surface area (Å²) in [4.78, 5) is 49.2. The van der Waals surface area contributed by atoms with Gasteiger partial charge in [0.15, 0.2) is 6.61 Å². The minimum atomic E-state index is -0.943. The lowest BCUT2D eigenvalue weighted by Gasteiger charge is -2.25. The Morgan fingerprint density at radius 2 is 1.90 bits per heavy atom. The molecule has 1 aromatic carbocycles. The van der Waals surface area contributed by atoms with Crippen LogP contribution in [0.4, 0.5) is 0 Å². The molecule has 1 aliphatic rings. The van der Waals surface area contributed by atoms with Crippen LogP contribution in [0.15, 0.2) is 18.2 Å². The van der Waals surface area contributed by atoms with Crippen LogP contribution in [-0.2, 0) is 30.4 Å². The van der Waals surface area contributed by atoms with Crippen molar-refractivity contribution >= 4 is 23.8 Å². The standard InChI is InChI=1S/C20H26N2O7/c1-20(2,3)29-16(23)8-7-15(18(21)25)22-10-12-9-13(28-11-17(24)27-4)5-6-14(12)19(22)26/h5-6,9,15H,7-8,10-11H2,1-4H3,(H2,21,25)/t15-/m0/s1. The Kier molecular flexibility index (Phi) is 6.84. The molecule has 2 rings (SSSR count). The number of hydrogen-bond acceptors (Lipinski definition) is 7. The van der Waals surface area contributed by atoms with E-state index < -0.39 is 29.5 Å². The third-order valence-corrected chi connectivity index (χ3v) is 4.24. The molecule has 1 heterocycles. The first kappa shape index (κ1) is 22.2. The number of nitrogens with zero attached hydrogens (tertiary/aromatic N) is 1. The van der Waals surface area contributed by atoms with Crippen molar-refractivity contribution in [2.24, 2.45) is 5.73 Å². The third kappa shape index (κ3) is 5.94. The van der Waals surface area contributed by atoms with Crippen molar-refractivity contribution in [3.63, 3.8) is 0 Å². The number of hydrogen-bond donors (Lipinski definition) is 1. The fourth-order valence-corrected chi connectivity index (χ4v) is 2.96. The zero-order chi connectivity index (χ0) is 21.8. The van der Waals surface area contributed by atoms with Crippen LogP contribution in [0.3, 0.4) is 0 Å². The highest BCUT2D eigenvalue weighted by Gasteiger charge is 2.36. The number of carbonyl (C=O) groups excluding carboxylic acids is 4. The first-order valence-corrected chi connectivity index (χ1v) is 9.16. The van der Waals surface area contributed by atoms with Crippen LogP contribution < -0.4 is 10.5 Å². The lowest BCUT2D eigenvalue weighted by atomic mass is 10.1. The van der Waals surface area contributed by atoms with E-state index in [4.69, 9.17) is 15.2 Å². The topological polar surface area (TPSA) is 125 Å². The van der Waals surface area contributed by atoms with Crippen LogP contribution >= 0.6 is 0 Å². The first-order valence-electron chi connectivity index (χ1n) is 9.16. The van der Waals surface area contributed by atoms with E-state index in [1.54, 1.807) is 39.0 Å². The molecule has 0 saturated carbocycles. The number of esters is 2. The van der Waals surface area contributed by atoms with Crippen molar-refractivity contribution in [2.45, 2.75) is 51.8 Å². The fraction of sp³-hybridized carbons (Fsp3) is 0.500. The molecule has 158 valence electrons. The summed E-state index contributed by atoms with van der Waals surface area (Å²) < 4.78 is 15.1. The molecule has 0 bridgehead atoms. The highest BCUT2D eigenvalue weighted by Crippen LogP contribution is 2.29. The Labute approximate surface area is 169 Å². The van der Waals surface area contributed by atoms with Gasteiger partial charge < -0.3 is 24.8 Å². The van der Waals surface area contributed by atoms with Crippen LogP contribution in [0.2, 0.25) is 0 Å². The highest BCUT2D eigenvalue weighted by molar-refractivity contribution is 6.01. The van der Waals surface area contributed by atoms with Gasteiger partial charge in [-0.1, -0.05) is 0 Å². The van der Waals surface area contributed by atoms with Gasteiger partial charge in [0, 0.05) is 18.5 Å². The number of carbonyl (C=O) groups is 4. The Balaban J connectivity index is 2.07. The number of primary amides is 1. The largest absolute Gasteiger partial charge is 0.482 e. The molecule has 2 N–H and O–H groups in total. The zero-order valence-corrected chi connectivity index (χ0v) is 17.0. The van der Waals surface area contributed by atoms with E-state index in [2.05, 4.69) is 4.74 Å². The smallest absolute Gasteiger partial charge is 0.343 e. The van der Waals surface area contributed by atoms with E-state index in [-0.39, 0.29) is 31.9 Å². The van der Waals surface area contributed by atoms with Gasteiger partial charge >= 0.3 is 11.9 Å². The van der Waals surface area contributed by atoms with Crippen LogP contribution in [0, 0.1) is 0 Å². The van der Waals surface area contributed by atoms with E-state index in [0.29, 0.717) is 16.9 Å². The number of amides is 2. The van der Waals surface area contributed by atoms with E-state index in [0.717, 1.165) is 0 Å². The molecule has 0 aromatic heterocycles. The van der Waals surface area contributed by atoms with Crippen molar-refractivity contribution < 1.29 is 33.4 Å². The predicted molar refractivity (Wildman–Crippen MR) is 102 cm³/mol.